The molecule has 5 heteroatoms. The van der Waals surface area contributed by atoms with Gasteiger partial charge < -0.3 is 15.2 Å². The Morgan fingerprint density at radius 2 is 2.00 bits per heavy atom. The summed E-state index contributed by atoms with van der Waals surface area (Å²) in [5, 5.41) is 4.67. The van der Waals surface area contributed by atoms with Crippen LogP contribution in [0.25, 0.3) is 22.3 Å². The molecule has 1 aliphatic carbocycles. The summed E-state index contributed by atoms with van der Waals surface area (Å²) in [6, 6.07) is 10.6. The fourth-order valence-corrected chi connectivity index (χ4v) is 4.06. The van der Waals surface area contributed by atoms with E-state index >= 15 is 0 Å². The third-order valence-electron chi connectivity index (χ3n) is 6.00. The number of anilines is 1. The van der Waals surface area contributed by atoms with Crippen molar-refractivity contribution < 1.29 is 0 Å². The lowest BCUT2D eigenvalue weighted by Gasteiger charge is -2.28. The van der Waals surface area contributed by atoms with Gasteiger partial charge in [-0.05, 0) is 76.0 Å². The van der Waals surface area contributed by atoms with Gasteiger partial charge in [-0.15, -0.1) is 0 Å². The second-order valence-electron chi connectivity index (χ2n) is 8.16. The van der Waals surface area contributed by atoms with E-state index in [0.29, 0.717) is 5.92 Å². The van der Waals surface area contributed by atoms with Crippen LogP contribution < -0.4 is 5.32 Å². The molecule has 4 heterocycles. The van der Waals surface area contributed by atoms with E-state index in [0.717, 1.165) is 48.3 Å². The topological polar surface area (TPSA) is 56.8 Å². The van der Waals surface area contributed by atoms with Crippen LogP contribution in [0.2, 0.25) is 0 Å². The van der Waals surface area contributed by atoms with Crippen molar-refractivity contribution in [2.45, 2.75) is 31.6 Å². The van der Waals surface area contributed by atoms with Crippen LogP contribution in [0.1, 0.15) is 37.3 Å². The third kappa shape index (κ3) is 3.56. The van der Waals surface area contributed by atoms with Crippen LogP contribution in [0.5, 0.6) is 0 Å². The van der Waals surface area contributed by atoms with E-state index < -0.39 is 0 Å². The lowest BCUT2D eigenvalue weighted by Crippen LogP contribution is -2.29. The number of hydrogen-bond donors (Lipinski definition) is 2. The Morgan fingerprint density at radius 1 is 1.15 bits per heavy atom. The molecule has 5 rings (SSSR count). The van der Waals surface area contributed by atoms with Crippen molar-refractivity contribution in [3.8, 4) is 11.3 Å². The molecule has 2 N–H and O–H groups in total. The summed E-state index contributed by atoms with van der Waals surface area (Å²) in [5.74, 6) is 2.41. The first kappa shape index (κ1) is 16.8. The summed E-state index contributed by atoms with van der Waals surface area (Å²) < 4.78 is 0. The van der Waals surface area contributed by atoms with Crippen LogP contribution in [0.3, 0.4) is 0 Å². The molecule has 3 aromatic heterocycles. The Morgan fingerprint density at radius 3 is 2.81 bits per heavy atom. The molecular formula is C22H27N5. The predicted octanol–water partition coefficient (Wildman–Crippen LogP) is 4.26. The van der Waals surface area contributed by atoms with Gasteiger partial charge >= 0.3 is 0 Å². The number of nitrogens with zero attached hydrogens (tertiary/aromatic N) is 3. The van der Waals surface area contributed by atoms with Gasteiger partial charge in [0.25, 0.3) is 0 Å². The molecule has 2 aliphatic rings. The molecule has 5 nitrogen and oxygen atoms in total. The van der Waals surface area contributed by atoms with Crippen molar-refractivity contribution in [3.63, 3.8) is 0 Å². The summed E-state index contributed by atoms with van der Waals surface area (Å²) in [6.07, 6.45) is 7.00. The molecule has 0 aromatic carbocycles. The number of nitrogens with one attached hydrogen (secondary N) is 2. The number of piperidine rings is 1. The van der Waals surface area contributed by atoms with Crippen molar-refractivity contribution >= 4 is 16.9 Å². The molecule has 3 aromatic rings. The van der Waals surface area contributed by atoms with Crippen LogP contribution in [-0.2, 0) is 0 Å². The Hall–Kier alpha value is -2.40. The Balaban J connectivity index is 1.45. The van der Waals surface area contributed by atoms with Crippen LogP contribution >= 0.6 is 0 Å². The van der Waals surface area contributed by atoms with Crippen molar-refractivity contribution in [1.82, 2.24) is 19.9 Å². The number of likely N-dealkylation sites (tertiary alicyclic amines) is 1. The number of hydrogen-bond acceptors (Lipinski definition) is 4. The molecule has 0 atom stereocenters. The number of fused-ring (bicyclic) bond motifs is 1. The van der Waals surface area contributed by atoms with Gasteiger partial charge in [0, 0.05) is 35.3 Å². The minimum absolute atomic E-state index is 0.600. The molecular weight excluding hydrogens is 334 g/mol. The highest BCUT2D eigenvalue weighted by Crippen LogP contribution is 2.33. The zero-order valence-electron chi connectivity index (χ0n) is 15.9. The van der Waals surface area contributed by atoms with E-state index in [4.69, 9.17) is 4.98 Å². The number of aromatic nitrogens is 3. The van der Waals surface area contributed by atoms with Crippen molar-refractivity contribution in [1.29, 1.82) is 0 Å². The SMILES string of the molecule is CN1CCC(c2cc3c(-c4cccc(NCC5CC5)n4)ccnc3[nH]2)CC1. The standard InChI is InChI=1S/C22H27N5/c1-27-11-8-16(9-12-27)20-13-18-17(7-10-23-22(18)26-20)19-3-2-4-21(25-19)24-14-15-5-6-15/h2-4,7,10,13,15-16H,5-6,8-9,11-12,14H2,1H3,(H,23,26)(H,24,25). The molecule has 1 saturated carbocycles. The summed E-state index contributed by atoms with van der Waals surface area (Å²) in [5.41, 5.74) is 4.46. The Bertz CT molecular complexity index is 935. The first-order valence-corrected chi connectivity index (χ1v) is 10.1. The van der Waals surface area contributed by atoms with Crippen LogP contribution in [0.15, 0.2) is 36.5 Å². The molecule has 2 fully saturated rings. The van der Waals surface area contributed by atoms with Crippen LogP contribution in [0.4, 0.5) is 5.82 Å². The zero-order chi connectivity index (χ0) is 18.2. The van der Waals surface area contributed by atoms with Gasteiger partial charge in [0.1, 0.15) is 11.5 Å². The maximum absolute atomic E-state index is 4.87. The molecule has 0 radical (unpaired) electrons. The highest BCUT2D eigenvalue weighted by Gasteiger charge is 2.22. The summed E-state index contributed by atoms with van der Waals surface area (Å²) in [6.45, 7) is 3.36. The third-order valence-corrected chi connectivity index (χ3v) is 6.00. The van der Waals surface area contributed by atoms with Gasteiger partial charge in [0.15, 0.2) is 0 Å². The zero-order valence-corrected chi connectivity index (χ0v) is 15.9. The summed E-state index contributed by atoms with van der Waals surface area (Å²) >= 11 is 0. The highest BCUT2D eigenvalue weighted by molar-refractivity contribution is 5.92. The fourth-order valence-electron chi connectivity index (χ4n) is 4.06. The number of H-pyrrole nitrogens is 1. The lowest BCUT2D eigenvalue weighted by molar-refractivity contribution is 0.254. The van der Waals surface area contributed by atoms with Crippen LogP contribution in [-0.4, -0.2) is 46.5 Å². The fraction of sp³-hybridized carbons (Fsp3) is 0.455. The molecule has 140 valence electrons. The number of aromatic amines is 1. The van der Waals surface area contributed by atoms with E-state index in [1.807, 2.05) is 6.20 Å². The minimum Gasteiger partial charge on any atom is -0.370 e. The van der Waals surface area contributed by atoms with Gasteiger partial charge in [-0.25, -0.2) is 9.97 Å². The lowest BCUT2D eigenvalue weighted by atomic mass is 9.93. The van der Waals surface area contributed by atoms with E-state index in [9.17, 15) is 0 Å². The smallest absolute Gasteiger partial charge is 0.138 e. The van der Waals surface area contributed by atoms with Crippen molar-refractivity contribution in [2.75, 3.05) is 32.0 Å². The number of pyridine rings is 2. The highest BCUT2D eigenvalue weighted by atomic mass is 15.1. The monoisotopic (exact) mass is 361 g/mol. The summed E-state index contributed by atoms with van der Waals surface area (Å²) in [4.78, 5) is 15.4. The molecule has 1 aliphatic heterocycles. The van der Waals surface area contributed by atoms with Gasteiger partial charge in [-0.1, -0.05) is 6.07 Å². The van der Waals surface area contributed by atoms with E-state index in [1.165, 1.54) is 36.8 Å². The maximum atomic E-state index is 4.87. The van der Waals surface area contributed by atoms with Crippen molar-refractivity contribution in [2.24, 2.45) is 5.92 Å². The Kier molecular flexibility index (Phi) is 4.32. The first-order valence-electron chi connectivity index (χ1n) is 10.1. The van der Waals surface area contributed by atoms with E-state index in [2.05, 4.69) is 57.6 Å². The number of rotatable bonds is 5. The summed E-state index contributed by atoms with van der Waals surface area (Å²) in [7, 11) is 2.21. The van der Waals surface area contributed by atoms with Gasteiger partial charge in [-0.2, -0.15) is 0 Å². The average Bonchev–Trinajstić information content (AvgIpc) is 3.43. The average molecular weight is 361 g/mol. The largest absolute Gasteiger partial charge is 0.370 e. The second-order valence-corrected chi connectivity index (χ2v) is 8.16. The predicted molar refractivity (Wildman–Crippen MR) is 110 cm³/mol. The van der Waals surface area contributed by atoms with E-state index in [-0.39, 0.29) is 0 Å². The molecule has 1 saturated heterocycles. The molecule has 0 unspecified atom stereocenters. The van der Waals surface area contributed by atoms with Gasteiger partial charge in [-0.3, -0.25) is 0 Å². The molecule has 0 amide bonds. The maximum Gasteiger partial charge on any atom is 0.138 e. The first-order chi connectivity index (χ1) is 13.3. The minimum atomic E-state index is 0.600. The molecule has 0 bridgehead atoms. The Labute approximate surface area is 160 Å². The normalized spacial score (nSPS) is 18.9. The van der Waals surface area contributed by atoms with Gasteiger partial charge in [0.2, 0.25) is 0 Å². The van der Waals surface area contributed by atoms with E-state index in [1.54, 1.807) is 0 Å². The van der Waals surface area contributed by atoms with Crippen LogP contribution in [0, 0.1) is 5.92 Å². The molecule has 27 heavy (non-hydrogen) atoms. The van der Waals surface area contributed by atoms with Crippen molar-refractivity contribution in [3.05, 3.63) is 42.2 Å². The molecule has 0 spiro atoms. The second kappa shape index (κ2) is 6.97. The quantitative estimate of drug-likeness (QED) is 0.713. The van der Waals surface area contributed by atoms with Gasteiger partial charge in [0.05, 0.1) is 5.69 Å².